The van der Waals surface area contributed by atoms with E-state index in [1.807, 2.05) is 0 Å². The molecule has 0 aliphatic heterocycles. The minimum atomic E-state index is -4.84. The number of phenols is 1. The third-order valence-electron chi connectivity index (χ3n) is 4.84. The summed E-state index contributed by atoms with van der Waals surface area (Å²) in [5.74, 6) is -0.458. The minimum Gasteiger partial charge on any atom is -0.506 e. The van der Waals surface area contributed by atoms with Crippen molar-refractivity contribution in [3.63, 3.8) is 0 Å². The molecule has 4 aromatic carbocycles. The van der Waals surface area contributed by atoms with E-state index in [1.165, 1.54) is 36.4 Å². The number of fused-ring (bicyclic) bond motifs is 2. The van der Waals surface area contributed by atoms with Gasteiger partial charge in [0.2, 0.25) is 0 Å². The highest BCUT2D eigenvalue weighted by Gasteiger charge is 2.22. The normalized spacial score (nSPS) is 12.7. The van der Waals surface area contributed by atoms with Crippen LogP contribution in [0.2, 0.25) is 0 Å². The van der Waals surface area contributed by atoms with E-state index in [-0.39, 0.29) is 37.3 Å². The Morgan fingerprint density at radius 1 is 0.800 bits per heavy atom. The zero-order chi connectivity index (χ0) is 25.4. The molecule has 0 bridgehead atoms. The molecule has 0 amide bonds. The van der Waals surface area contributed by atoms with Crippen molar-refractivity contribution in [1.29, 1.82) is 0 Å². The summed E-state index contributed by atoms with van der Waals surface area (Å²) in [5, 5.41) is 30.9. The summed E-state index contributed by atoms with van der Waals surface area (Å²) in [6.07, 6.45) is 0. The average molecular weight is 539 g/mol. The fourth-order valence-electron chi connectivity index (χ4n) is 3.45. The fourth-order valence-corrected chi connectivity index (χ4v) is 5.42. The summed E-state index contributed by atoms with van der Waals surface area (Å²) in [6.45, 7) is 0. The molecule has 4 rings (SSSR count). The first-order chi connectivity index (χ1) is 16.5. The maximum atomic E-state index is 12.1. The summed E-state index contributed by atoms with van der Waals surface area (Å²) in [6, 6.07) is 13.6. The number of aromatic hydroxyl groups is 1. The summed E-state index contributed by atoms with van der Waals surface area (Å²) in [7, 11) is -9.36. The molecule has 0 spiro atoms. The third-order valence-corrected chi connectivity index (χ3v) is 7.19. The Morgan fingerprint density at radius 3 is 2.14 bits per heavy atom. The van der Waals surface area contributed by atoms with Crippen molar-refractivity contribution in [2.24, 2.45) is 10.2 Å². The molecule has 0 atom stereocenters. The Kier molecular flexibility index (Phi) is 6.76. The van der Waals surface area contributed by atoms with E-state index in [2.05, 4.69) is 19.6 Å². The molecule has 0 saturated carbocycles. The summed E-state index contributed by atoms with van der Waals surface area (Å²) in [4.78, 5) is -0.845. The van der Waals surface area contributed by atoms with Crippen LogP contribution in [0.5, 0.6) is 5.75 Å². The van der Waals surface area contributed by atoms with Crippen molar-refractivity contribution in [2.75, 3.05) is 0 Å². The standard InChI is InChI=1S/C20H14N2O10S3/c23-16-7-5-11-9-12(33-32-31-24)10-18(35(28,29)30)19(11)20(16)22-21-15-6-8-17(34(25,26)27)14-4-2-1-3-13(14)15/h1-10,23-24H,(H,25,26,27)(H,28,29,30). The summed E-state index contributed by atoms with van der Waals surface area (Å²) < 4.78 is 71.2. The molecule has 0 saturated heterocycles. The molecular weight excluding hydrogens is 524 g/mol. The first-order valence-electron chi connectivity index (χ1n) is 9.33. The van der Waals surface area contributed by atoms with Crippen LogP contribution in [0.25, 0.3) is 21.5 Å². The van der Waals surface area contributed by atoms with Crippen molar-refractivity contribution in [1.82, 2.24) is 0 Å². The van der Waals surface area contributed by atoms with Gasteiger partial charge in [0.15, 0.2) is 0 Å². The van der Waals surface area contributed by atoms with Crippen LogP contribution in [0.1, 0.15) is 0 Å². The lowest BCUT2D eigenvalue weighted by Crippen LogP contribution is -2.00. The average Bonchev–Trinajstić information content (AvgIpc) is 2.80. The number of hydrogen-bond acceptors (Lipinski definition) is 11. The number of rotatable bonds is 7. The lowest BCUT2D eigenvalue weighted by atomic mass is 10.1. The van der Waals surface area contributed by atoms with Gasteiger partial charge in [-0.25, -0.2) is 5.26 Å². The van der Waals surface area contributed by atoms with Crippen molar-refractivity contribution in [2.45, 2.75) is 14.7 Å². The molecule has 35 heavy (non-hydrogen) atoms. The molecule has 0 fully saturated rings. The zero-order valence-electron chi connectivity index (χ0n) is 17.1. The van der Waals surface area contributed by atoms with Crippen LogP contribution in [-0.4, -0.2) is 36.3 Å². The van der Waals surface area contributed by atoms with Gasteiger partial charge in [-0.05, 0) is 35.7 Å². The van der Waals surface area contributed by atoms with Crippen LogP contribution in [0, 0.1) is 0 Å². The van der Waals surface area contributed by atoms with E-state index in [9.17, 15) is 31.0 Å². The van der Waals surface area contributed by atoms with E-state index in [4.69, 9.17) is 5.26 Å². The van der Waals surface area contributed by atoms with Crippen LogP contribution in [-0.2, 0) is 29.6 Å². The summed E-state index contributed by atoms with van der Waals surface area (Å²) >= 11 is 0.457. The second-order valence-corrected chi connectivity index (χ2v) is 10.5. The number of phenolic OH excluding ortho intramolecular Hbond substituents is 1. The van der Waals surface area contributed by atoms with Crippen LogP contribution >= 0.6 is 12.0 Å². The van der Waals surface area contributed by atoms with Gasteiger partial charge in [-0.2, -0.15) is 16.8 Å². The first kappa shape index (κ1) is 25.0. The monoisotopic (exact) mass is 538 g/mol. The summed E-state index contributed by atoms with van der Waals surface area (Å²) in [5.41, 5.74) is -0.146. The van der Waals surface area contributed by atoms with Crippen molar-refractivity contribution in [3.05, 3.63) is 60.7 Å². The Morgan fingerprint density at radius 2 is 1.49 bits per heavy atom. The van der Waals surface area contributed by atoms with Crippen molar-refractivity contribution in [3.8, 4) is 5.75 Å². The largest absolute Gasteiger partial charge is 0.506 e. The lowest BCUT2D eigenvalue weighted by Gasteiger charge is -2.10. The van der Waals surface area contributed by atoms with Gasteiger partial charge in [-0.15, -0.1) is 14.6 Å². The third kappa shape index (κ3) is 5.12. The molecule has 15 heteroatoms. The van der Waals surface area contributed by atoms with Crippen molar-refractivity contribution < 1.29 is 45.7 Å². The maximum absolute atomic E-state index is 12.1. The molecule has 0 unspecified atom stereocenters. The zero-order valence-corrected chi connectivity index (χ0v) is 19.6. The molecule has 0 aliphatic carbocycles. The lowest BCUT2D eigenvalue weighted by molar-refractivity contribution is -0.432. The van der Waals surface area contributed by atoms with Gasteiger partial charge in [0.05, 0.1) is 17.7 Å². The molecule has 0 heterocycles. The van der Waals surface area contributed by atoms with E-state index in [0.717, 1.165) is 12.1 Å². The molecule has 12 nitrogen and oxygen atoms in total. The first-order valence-corrected chi connectivity index (χ1v) is 13.0. The second kappa shape index (κ2) is 9.48. The Hall–Kier alpha value is -3.15. The molecule has 4 aromatic rings. The highest BCUT2D eigenvalue weighted by atomic mass is 32.2. The van der Waals surface area contributed by atoms with Crippen LogP contribution in [0.3, 0.4) is 0 Å². The number of benzene rings is 4. The van der Waals surface area contributed by atoms with Gasteiger partial charge in [0, 0.05) is 21.1 Å². The smallest absolute Gasteiger partial charge is 0.295 e. The van der Waals surface area contributed by atoms with E-state index in [0.29, 0.717) is 17.4 Å². The number of nitrogens with zero attached hydrogens (tertiary/aromatic N) is 2. The number of azo groups is 1. The van der Waals surface area contributed by atoms with Crippen LogP contribution in [0.4, 0.5) is 11.4 Å². The molecule has 0 aliphatic rings. The molecule has 182 valence electrons. The second-order valence-electron chi connectivity index (χ2n) is 6.96. The maximum Gasteiger partial charge on any atom is 0.295 e. The van der Waals surface area contributed by atoms with Crippen LogP contribution < -0.4 is 0 Å². The van der Waals surface area contributed by atoms with Gasteiger partial charge >= 0.3 is 0 Å². The Bertz CT molecular complexity index is 1700. The van der Waals surface area contributed by atoms with Gasteiger partial charge in [-0.3, -0.25) is 9.11 Å². The SMILES string of the molecule is O=S(=O)(O)c1ccc(N=Nc2c(O)ccc3cc(SOOO)cc(S(=O)(=O)O)c23)c2ccccc12. The van der Waals surface area contributed by atoms with Crippen LogP contribution in [0.15, 0.2) is 85.6 Å². The Labute approximate surface area is 202 Å². The van der Waals surface area contributed by atoms with Gasteiger partial charge in [0.25, 0.3) is 20.2 Å². The molecule has 4 N–H and O–H groups in total. The van der Waals surface area contributed by atoms with E-state index < -0.39 is 30.9 Å². The topological polar surface area (TPSA) is 192 Å². The van der Waals surface area contributed by atoms with Gasteiger partial charge < -0.3 is 5.11 Å². The quantitative estimate of drug-likeness (QED) is 0.0810. The van der Waals surface area contributed by atoms with Gasteiger partial charge in [-0.1, -0.05) is 35.4 Å². The number of hydrogen-bond donors (Lipinski definition) is 4. The highest BCUT2D eigenvalue weighted by Crippen LogP contribution is 2.42. The molecule has 0 radical (unpaired) electrons. The fraction of sp³-hybridized carbons (Fsp3) is 0. The van der Waals surface area contributed by atoms with Crippen molar-refractivity contribution >= 4 is 65.2 Å². The Balaban J connectivity index is 1.94. The van der Waals surface area contributed by atoms with Gasteiger partial charge in [0.1, 0.15) is 21.2 Å². The van der Waals surface area contributed by atoms with E-state index >= 15 is 0 Å². The molecular formula is C20H14N2O10S3. The predicted molar refractivity (Wildman–Crippen MR) is 124 cm³/mol. The van der Waals surface area contributed by atoms with E-state index in [1.54, 1.807) is 12.1 Å². The predicted octanol–water partition coefficient (Wildman–Crippen LogP) is 5.04. The minimum absolute atomic E-state index is 0.125. The molecule has 0 aromatic heterocycles. The highest BCUT2D eigenvalue weighted by molar-refractivity contribution is 7.94.